The average molecular weight is 165 g/mol. The van der Waals surface area contributed by atoms with Crippen LogP contribution in [0.4, 0.5) is 5.69 Å². The first kappa shape index (κ1) is 8.59. The largest absolute Gasteiger partial charge is 0.486 e. The average Bonchev–Trinajstić information content (AvgIpc) is 2.15. The van der Waals surface area contributed by atoms with Crippen molar-refractivity contribution < 1.29 is 9.53 Å². The Morgan fingerprint density at radius 2 is 2.08 bits per heavy atom. The first-order valence-electron chi connectivity index (χ1n) is 3.71. The van der Waals surface area contributed by atoms with E-state index in [0.29, 0.717) is 5.75 Å². The minimum absolute atomic E-state index is 0.110. The second-order valence-electron chi connectivity index (χ2n) is 2.25. The summed E-state index contributed by atoms with van der Waals surface area (Å²) in [6.45, 7) is 0.110. The summed E-state index contributed by atoms with van der Waals surface area (Å²) in [6.07, 6.45) is 0.728. The van der Waals surface area contributed by atoms with Crippen LogP contribution >= 0.6 is 0 Å². The predicted octanol–water partition coefficient (Wildman–Crippen LogP) is 1.31. The number of benzene rings is 1. The Bertz CT molecular complexity index is 243. The number of hydrogen-bond donors (Lipinski definition) is 1. The standard InChI is InChI=1S/C9H11NO2/c1-10-8-2-4-9(5-3-8)12-7-6-11/h2-6,10H,7H2,1H3. The van der Waals surface area contributed by atoms with Crippen LogP contribution in [0.25, 0.3) is 0 Å². The van der Waals surface area contributed by atoms with Gasteiger partial charge in [-0.3, -0.25) is 4.79 Å². The van der Waals surface area contributed by atoms with Gasteiger partial charge >= 0.3 is 0 Å². The molecule has 0 spiro atoms. The summed E-state index contributed by atoms with van der Waals surface area (Å²) in [5.74, 6) is 0.709. The quantitative estimate of drug-likeness (QED) is 0.683. The van der Waals surface area contributed by atoms with E-state index in [1.807, 2.05) is 31.3 Å². The minimum Gasteiger partial charge on any atom is -0.486 e. The number of rotatable bonds is 4. The van der Waals surface area contributed by atoms with E-state index in [-0.39, 0.29) is 6.61 Å². The van der Waals surface area contributed by atoms with Gasteiger partial charge in [-0.2, -0.15) is 0 Å². The topological polar surface area (TPSA) is 38.3 Å². The van der Waals surface area contributed by atoms with Crippen LogP contribution in [0.3, 0.4) is 0 Å². The van der Waals surface area contributed by atoms with Crippen molar-refractivity contribution in [2.24, 2.45) is 0 Å². The van der Waals surface area contributed by atoms with Gasteiger partial charge in [-0.25, -0.2) is 0 Å². The Morgan fingerprint density at radius 3 is 2.58 bits per heavy atom. The van der Waals surface area contributed by atoms with Gasteiger partial charge in [0.2, 0.25) is 0 Å². The molecule has 1 rings (SSSR count). The van der Waals surface area contributed by atoms with Gasteiger partial charge in [0.1, 0.15) is 12.4 Å². The number of ether oxygens (including phenoxy) is 1. The van der Waals surface area contributed by atoms with Crippen LogP contribution in [0.15, 0.2) is 24.3 Å². The Hall–Kier alpha value is -1.51. The highest BCUT2D eigenvalue weighted by atomic mass is 16.5. The van der Waals surface area contributed by atoms with E-state index in [9.17, 15) is 4.79 Å². The molecule has 0 aliphatic heterocycles. The normalized spacial score (nSPS) is 9.08. The lowest BCUT2D eigenvalue weighted by molar-refractivity contribution is -0.109. The molecule has 3 heteroatoms. The van der Waals surface area contributed by atoms with Crippen molar-refractivity contribution in [3.05, 3.63) is 24.3 Å². The maximum atomic E-state index is 9.96. The van der Waals surface area contributed by atoms with Gasteiger partial charge in [0, 0.05) is 12.7 Å². The van der Waals surface area contributed by atoms with Crippen LogP contribution in [-0.4, -0.2) is 19.9 Å². The van der Waals surface area contributed by atoms with Crippen LogP contribution in [-0.2, 0) is 4.79 Å². The van der Waals surface area contributed by atoms with Crippen molar-refractivity contribution >= 4 is 12.0 Å². The zero-order valence-electron chi connectivity index (χ0n) is 6.91. The van der Waals surface area contributed by atoms with Crippen molar-refractivity contribution in [1.82, 2.24) is 0 Å². The number of nitrogens with one attached hydrogen (secondary N) is 1. The summed E-state index contributed by atoms with van der Waals surface area (Å²) in [4.78, 5) is 9.96. The summed E-state index contributed by atoms with van der Waals surface area (Å²) in [7, 11) is 1.85. The number of carbonyl (C=O) groups is 1. The molecule has 0 unspecified atom stereocenters. The molecule has 64 valence electrons. The van der Waals surface area contributed by atoms with Crippen molar-refractivity contribution in [2.75, 3.05) is 19.0 Å². The summed E-state index contributed by atoms with van der Waals surface area (Å²) in [5.41, 5.74) is 1.02. The zero-order valence-corrected chi connectivity index (χ0v) is 6.91. The Kier molecular flexibility index (Phi) is 3.14. The Morgan fingerprint density at radius 1 is 1.42 bits per heavy atom. The lowest BCUT2D eigenvalue weighted by atomic mass is 10.3. The highest BCUT2D eigenvalue weighted by molar-refractivity contribution is 5.52. The molecule has 0 radical (unpaired) electrons. The third-order valence-electron chi connectivity index (χ3n) is 1.46. The first-order valence-corrected chi connectivity index (χ1v) is 3.71. The van der Waals surface area contributed by atoms with Gasteiger partial charge in [0.05, 0.1) is 0 Å². The monoisotopic (exact) mass is 165 g/mol. The Labute approximate surface area is 71.4 Å². The van der Waals surface area contributed by atoms with Crippen LogP contribution in [0.1, 0.15) is 0 Å². The van der Waals surface area contributed by atoms with E-state index in [1.165, 1.54) is 0 Å². The molecule has 1 aromatic carbocycles. The number of carbonyl (C=O) groups excluding carboxylic acids is 1. The second-order valence-corrected chi connectivity index (χ2v) is 2.25. The van der Waals surface area contributed by atoms with Gasteiger partial charge in [0.25, 0.3) is 0 Å². The zero-order chi connectivity index (χ0) is 8.81. The van der Waals surface area contributed by atoms with Gasteiger partial charge < -0.3 is 10.1 Å². The van der Waals surface area contributed by atoms with E-state index in [0.717, 1.165) is 12.0 Å². The van der Waals surface area contributed by atoms with Crippen LogP contribution < -0.4 is 10.1 Å². The SMILES string of the molecule is CNc1ccc(OCC=O)cc1. The van der Waals surface area contributed by atoms with Crippen molar-refractivity contribution in [2.45, 2.75) is 0 Å². The fourth-order valence-corrected chi connectivity index (χ4v) is 0.848. The molecule has 0 aliphatic carbocycles. The van der Waals surface area contributed by atoms with E-state index in [4.69, 9.17) is 4.74 Å². The van der Waals surface area contributed by atoms with Crippen molar-refractivity contribution in [1.29, 1.82) is 0 Å². The van der Waals surface area contributed by atoms with Gasteiger partial charge in [-0.1, -0.05) is 0 Å². The van der Waals surface area contributed by atoms with Crippen molar-refractivity contribution in [3.63, 3.8) is 0 Å². The molecule has 12 heavy (non-hydrogen) atoms. The molecular weight excluding hydrogens is 154 g/mol. The third-order valence-corrected chi connectivity index (χ3v) is 1.46. The van der Waals surface area contributed by atoms with Crippen LogP contribution in [0.5, 0.6) is 5.75 Å². The molecule has 0 saturated carbocycles. The van der Waals surface area contributed by atoms with E-state index in [2.05, 4.69) is 5.32 Å². The Balaban J connectivity index is 2.58. The minimum atomic E-state index is 0.110. The molecule has 0 bridgehead atoms. The maximum absolute atomic E-state index is 9.96. The fourth-order valence-electron chi connectivity index (χ4n) is 0.848. The molecule has 0 aliphatic rings. The van der Waals surface area contributed by atoms with E-state index < -0.39 is 0 Å². The summed E-state index contributed by atoms with van der Waals surface area (Å²) < 4.78 is 5.06. The third kappa shape index (κ3) is 2.27. The number of anilines is 1. The van der Waals surface area contributed by atoms with Gasteiger partial charge in [-0.05, 0) is 24.3 Å². The van der Waals surface area contributed by atoms with Crippen LogP contribution in [0.2, 0.25) is 0 Å². The number of hydrogen-bond acceptors (Lipinski definition) is 3. The van der Waals surface area contributed by atoms with Gasteiger partial charge in [-0.15, -0.1) is 0 Å². The smallest absolute Gasteiger partial charge is 0.157 e. The molecule has 0 fully saturated rings. The molecule has 1 aromatic rings. The molecule has 0 atom stereocenters. The van der Waals surface area contributed by atoms with Gasteiger partial charge in [0.15, 0.2) is 6.29 Å². The molecule has 0 amide bonds. The molecule has 0 aromatic heterocycles. The maximum Gasteiger partial charge on any atom is 0.157 e. The predicted molar refractivity (Wildman–Crippen MR) is 47.5 cm³/mol. The first-order chi connectivity index (χ1) is 5.86. The molecular formula is C9H11NO2. The molecule has 0 heterocycles. The summed E-state index contributed by atoms with van der Waals surface area (Å²) >= 11 is 0. The molecule has 1 N–H and O–H groups in total. The highest BCUT2D eigenvalue weighted by Gasteiger charge is 1.91. The fraction of sp³-hybridized carbons (Fsp3) is 0.222. The van der Waals surface area contributed by atoms with Crippen LogP contribution in [0, 0.1) is 0 Å². The van der Waals surface area contributed by atoms with Crippen molar-refractivity contribution in [3.8, 4) is 5.75 Å². The lowest BCUT2D eigenvalue weighted by Crippen LogP contribution is -1.97. The summed E-state index contributed by atoms with van der Waals surface area (Å²) in [5, 5.41) is 2.99. The number of aldehydes is 1. The highest BCUT2D eigenvalue weighted by Crippen LogP contribution is 2.14. The van der Waals surface area contributed by atoms with E-state index in [1.54, 1.807) is 0 Å². The summed E-state index contributed by atoms with van der Waals surface area (Å²) in [6, 6.07) is 7.41. The molecule has 0 saturated heterocycles. The molecule has 3 nitrogen and oxygen atoms in total. The lowest BCUT2D eigenvalue weighted by Gasteiger charge is -2.03. The van der Waals surface area contributed by atoms with E-state index >= 15 is 0 Å². The second kappa shape index (κ2) is 4.38.